The van der Waals surface area contributed by atoms with Crippen molar-refractivity contribution in [3.8, 4) is 0 Å². The highest BCUT2D eigenvalue weighted by Gasteiger charge is 2.08. The van der Waals surface area contributed by atoms with E-state index in [-0.39, 0.29) is 6.61 Å². The Hall–Kier alpha value is -1.80. The summed E-state index contributed by atoms with van der Waals surface area (Å²) < 4.78 is 0. The molecule has 2 nitrogen and oxygen atoms in total. The normalized spacial score (nSPS) is 10.4. The van der Waals surface area contributed by atoms with Crippen LogP contribution in [0.1, 0.15) is 16.7 Å². The van der Waals surface area contributed by atoms with E-state index >= 15 is 0 Å². The standard InChI is InChI=1S/C16H19NO/c1-12-8-13(2)10-15(9-12)17(3)16-7-5-4-6-14(16)11-18/h4-10,18H,11H2,1-3H3. The number of hydrogen-bond donors (Lipinski definition) is 1. The van der Waals surface area contributed by atoms with Crippen LogP contribution in [0.2, 0.25) is 0 Å². The van der Waals surface area contributed by atoms with Gasteiger partial charge in [0.25, 0.3) is 0 Å². The maximum atomic E-state index is 9.40. The van der Waals surface area contributed by atoms with Crippen LogP contribution in [-0.4, -0.2) is 12.2 Å². The molecule has 0 fully saturated rings. The average molecular weight is 241 g/mol. The van der Waals surface area contributed by atoms with E-state index in [1.54, 1.807) is 0 Å². The van der Waals surface area contributed by atoms with Gasteiger partial charge in [-0.2, -0.15) is 0 Å². The van der Waals surface area contributed by atoms with Gasteiger partial charge < -0.3 is 10.0 Å². The van der Waals surface area contributed by atoms with Crippen LogP contribution in [0, 0.1) is 13.8 Å². The number of anilines is 2. The van der Waals surface area contributed by atoms with Gasteiger partial charge in [-0.15, -0.1) is 0 Å². The van der Waals surface area contributed by atoms with Crippen LogP contribution >= 0.6 is 0 Å². The van der Waals surface area contributed by atoms with E-state index in [1.807, 2.05) is 31.3 Å². The topological polar surface area (TPSA) is 23.5 Å². The van der Waals surface area contributed by atoms with Crippen LogP contribution in [0.3, 0.4) is 0 Å². The molecule has 2 heteroatoms. The van der Waals surface area contributed by atoms with Crippen LogP contribution < -0.4 is 4.90 Å². The fourth-order valence-corrected chi connectivity index (χ4v) is 2.26. The van der Waals surface area contributed by atoms with Crippen LogP contribution in [0.5, 0.6) is 0 Å². The number of rotatable bonds is 3. The molecule has 0 saturated heterocycles. The van der Waals surface area contributed by atoms with Crippen molar-refractivity contribution in [2.24, 2.45) is 0 Å². The fraction of sp³-hybridized carbons (Fsp3) is 0.250. The maximum Gasteiger partial charge on any atom is 0.0702 e. The SMILES string of the molecule is Cc1cc(C)cc(N(C)c2ccccc2CO)c1. The summed E-state index contributed by atoms with van der Waals surface area (Å²) in [6.45, 7) is 4.26. The Morgan fingerprint density at radius 1 is 1.00 bits per heavy atom. The first kappa shape index (κ1) is 12.7. The smallest absolute Gasteiger partial charge is 0.0702 e. The highest BCUT2D eigenvalue weighted by atomic mass is 16.3. The van der Waals surface area contributed by atoms with Crippen molar-refractivity contribution in [2.45, 2.75) is 20.5 Å². The van der Waals surface area contributed by atoms with E-state index in [0.717, 1.165) is 16.9 Å². The van der Waals surface area contributed by atoms with Gasteiger partial charge in [0.05, 0.1) is 6.61 Å². The quantitative estimate of drug-likeness (QED) is 0.888. The summed E-state index contributed by atoms with van der Waals surface area (Å²) in [6, 6.07) is 14.4. The number of nitrogens with zero attached hydrogens (tertiary/aromatic N) is 1. The molecule has 0 heterocycles. The molecular weight excluding hydrogens is 222 g/mol. The molecular formula is C16H19NO. The van der Waals surface area contributed by atoms with Crippen molar-refractivity contribution in [1.29, 1.82) is 0 Å². The summed E-state index contributed by atoms with van der Waals surface area (Å²) in [5.74, 6) is 0. The van der Waals surface area contributed by atoms with Crippen molar-refractivity contribution in [3.63, 3.8) is 0 Å². The molecule has 0 spiro atoms. The van der Waals surface area contributed by atoms with E-state index < -0.39 is 0 Å². The molecule has 2 aromatic rings. The first-order valence-electron chi connectivity index (χ1n) is 6.12. The Labute approximate surface area is 109 Å². The van der Waals surface area contributed by atoms with Crippen LogP contribution in [0.15, 0.2) is 42.5 Å². The Kier molecular flexibility index (Phi) is 3.68. The lowest BCUT2D eigenvalue weighted by Gasteiger charge is -2.23. The molecule has 0 aliphatic rings. The largest absolute Gasteiger partial charge is 0.392 e. The molecule has 0 unspecified atom stereocenters. The first-order valence-corrected chi connectivity index (χ1v) is 6.12. The number of aliphatic hydroxyl groups excluding tert-OH is 1. The summed E-state index contributed by atoms with van der Waals surface area (Å²) >= 11 is 0. The molecule has 0 aromatic heterocycles. The highest BCUT2D eigenvalue weighted by Crippen LogP contribution is 2.28. The monoisotopic (exact) mass is 241 g/mol. The van der Waals surface area contributed by atoms with Crippen molar-refractivity contribution in [3.05, 3.63) is 59.2 Å². The van der Waals surface area contributed by atoms with E-state index in [1.165, 1.54) is 11.1 Å². The Bertz CT molecular complexity index is 528. The molecule has 0 bridgehead atoms. The van der Waals surface area contributed by atoms with Crippen molar-refractivity contribution in [1.82, 2.24) is 0 Å². The summed E-state index contributed by atoms with van der Waals surface area (Å²) in [5.41, 5.74) is 5.63. The average Bonchev–Trinajstić information content (AvgIpc) is 2.36. The minimum atomic E-state index is 0.0608. The summed E-state index contributed by atoms with van der Waals surface area (Å²) in [5, 5.41) is 9.40. The third kappa shape index (κ3) is 2.54. The van der Waals surface area contributed by atoms with Gasteiger partial charge in [-0.05, 0) is 43.2 Å². The lowest BCUT2D eigenvalue weighted by molar-refractivity contribution is 0.282. The maximum absolute atomic E-state index is 9.40. The third-order valence-electron chi connectivity index (χ3n) is 3.12. The van der Waals surface area contributed by atoms with E-state index in [0.29, 0.717) is 0 Å². The molecule has 2 rings (SSSR count). The fourth-order valence-electron chi connectivity index (χ4n) is 2.26. The lowest BCUT2D eigenvalue weighted by Crippen LogP contribution is -2.12. The molecule has 1 N–H and O–H groups in total. The molecule has 0 saturated carbocycles. The highest BCUT2D eigenvalue weighted by molar-refractivity contribution is 5.66. The van der Waals surface area contributed by atoms with Gasteiger partial charge in [0.15, 0.2) is 0 Å². The predicted molar refractivity (Wildman–Crippen MR) is 76.3 cm³/mol. The minimum Gasteiger partial charge on any atom is -0.392 e. The molecule has 0 atom stereocenters. The lowest BCUT2D eigenvalue weighted by atomic mass is 10.1. The van der Waals surface area contributed by atoms with Crippen molar-refractivity contribution >= 4 is 11.4 Å². The number of aryl methyl sites for hydroxylation is 2. The van der Waals surface area contributed by atoms with Gasteiger partial charge in [-0.1, -0.05) is 24.3 Å². The van der Waals surface area contributed by atoms with Gasteiger partial charge in [0.1, 0.15) is 0 Å². The number of hydrogen-bond acceptors (Lipinski definition) is 2. The van der Waals surface area contributed by atoms with Gasteiger partial charge in [0, 0.05) is 24.0 Å². The Balaban J connectivity index is 2.44. The third-order valence-corrected chi connectivity index (χ3v) is 3.12. The Morgan fingerprint density at radius 3 is 2.22 bits per heavy atom. The van der Waals surface area contributed by atoms with E-state index in [2.05, 4.69) is 36.9 Å². The van der Waals surface area contributed by atoms with Crippen LogP contribution in [-0.2, 0) is 6.61 Å². The van der Waals surface area contributed by atoms with Crippen molar-refractivity contribution in [2.75, 3.05) is 11.9 Å². The zero-order valence-electron chi connectivity index (χ0n) is 11.1. The van der Waals surface area contributed by atoms with E-state index in [4.69, 9.17) is 0 Å². The first-order chi connectivity index (χ1) is 8.61. The van der Waals surface area contributed by atoms with Crippen molar-refractivity contribution < 1.29 is 5.11 Å². The van der Waals surface area contributed by atoms with Crippen LogP contribution in [0.4, 0.5) is 11.4 Å². The van der Waals surface area contributed by atoms with Gasteiger partial charge >= 0.3 is 0 Å². The Morgan fingerprint density at radius 2 is 1.61 bits per heavy atom. The zero-order valence-corrected chi connectivity index (χ0v) is 11.1. The summed E-state index contributed by atoms with van der Waals surface area (Å²) in [6.07, 6.45) is 0. The molecule has 2 aromatic carbocycles. The number of para-hydroxylation sites is 1. The molecule has 0 amide bonds. The molecule has 94 valence electrons. The zero-order chi connectivity index (χ0) is 13.1. The van der Waals surface area contributed by atoms with Crippen LogP contribution in [0.25, 0.3) is 0 Å². The van der Waals surface area contributed by atoms with E-state index in [9.17, 15) is 5.11 Å². The summed E-state index contributed by atoms with van der Waals surface area (Å²) in [7, 11) is 2.03. The molecule has 0 aliphatic carbocycles. The predicted octanol–water partition coefficient (Wildman–Crippen LogP) is 3.56. The second-order valence-corrected chi connectivity index (χ2v) is 4.69. The van der Waals surface area contributed by atoms with Gasteiger partial charge in [-0.3, -0.25) is 0 Å². The second-order valence-electron chi connectivity index (χ2n) is 4.69. The minimum absolute atomic E-state index is 0.0608. The number of benzene rings is 2. The molecule has 0 aliphatic heterocycles. The molecule has 0 radical (unpaired) electrons. The summed E-state index contributed by atoms with van der Waals surface area (Å²) in [4.78, 5) is 2.12. The van der Waals surface area contributed by atoms with Gasteiger partial charge in [-0.25, -0.2) is 0 Å². The second kappa shape index (κ2) is 5.23. The molecule has 18 heavy (non-hydrogen) atoms. The number of aliphatic hydroxyl groups is 1. The van der Waals surface area contributed by atoms with Gasteiger partial charge in [0.2, 0.25) is 0 Å².